The van der Waals surface area contributed by atoms with Crippen LogP contribution >= 0.6 is 11.8 Å². The number of rotatable bonds is 5. The summed E-state index contributed by atoms with van der Waals surface area (Å²) >= 11 is 1.75. The van der Waals surface area contributed by atoms with Crippen molar-refractivity contribution in [2.75, 3.05) is 17.7 Å². The molecule has 0 saturated heterocycles. The summed E-state index contributed by atoms with van der Waals surface area (Å²) in [6, 6.07) is 0. The third-order valence-corrected chi connectivity index (χ3v) is 2.43. The monoisotopic (exact) mass is 215 g/mol. The topological polar surface area (TPSA) is 81.1 Å². The normalized spacial score (nSPS) is 10.4. The molecule has 0 aliphatic heterocycles. The lowest BCUT2D eigenvalue weighted by Crippen LogP contribution is -2.04. The molecule has 0 radical (unpaired) electrons. The second-order valence-electron chi connectivity index (χ2n) is 2.85. The van der Waals surface area contributed by atoms with Gasteiger partial charge in [-0.25, -0.2) is 4.79 Å². The maximum atomic E-state index is 10.6. The Balaban J connectivity index is 2.62. The quantitative estimate of drug-likeness (QED) is 0.714. The summed E-state index contributed by atoms with van der Waals surface area (Å²) in [4.78, 5) is 10.6. The van der Waals surface area contributed by atoms with Crippen molar-refractivity contribution in [1.82, 2.24) is 9.78 Å². The highest BCUT2D eigenvalue weighted by molar-refractivity contribution is 7.98. The number of nitrogen functional groups attached to an aromatic ring is 1. The van der Waals surface area contributed by atoms with Crippen LogP contribution in [0.15, 0.2) is 6.20 Å². The van der Waals surface area contributed by atoms with Crippen molar-refractivity contribution in [3.63, 3.8) is 0 Å². The van der Waals surface area contributed by atoms with Crippen molar-refractivity contribution in [2.45, 2.75) is 13.0 Å². The van der Waals surface area contributed by atoms with E-state index in [-0.39, 0.29) is 11.4 Å². The summed E-state index contributed by atoms with van der Waals surface area (Å²) in [5.74, 6) is -0.0477. The average molecular weight is 215 g/mol. The van der Waals surface area contributed by atoms with Gasteiger partial charge in [-0.2, -0.15) is 16.9 Å². The van der Waals surface area contributed by atoms with Crippen LogP contribution in [-0.2, 0) is 6.54 Å². The molecule has 5 nitrogen and oxygen atoms in total. The van der Waals surface area contributed by atoms with E-state index in [9.17, 15) is 4.79 Å². The van der Waals surface area contributed by atoms with Crippen LogP contribution in [0.5, 0.6) is 0 Å². The first kappa shape index (κ1) is 10.9. The summed E-state index contributed by atoms with van der Waals surface area (Å²) in [7, 11) is 0. The molecule has 0 atom stereocenters. The van der Waals surface area contributed by atoms with Crippen molar-refractivity contribution in [3.8, 4) is 0 Å². The number of hydrogen-bond donors (Lipinski definition) is 2. The molecule has 0 aliphatic rings. The molecule has 0 spiro atoms. The van der Waals surface area contributed by atoms with Gasteiger partial charge >= 0.3 is 5.97 Å². The fourth-order valence-corrected chi connectivity index (χ4v) is 1.51. The molecule has 3 N–H and O–H groups in total. The zero-order valence-electron chi connectivity index (χ0n) is 7.93. The third kappa shape index (κ3) is 2.66. The minimum atomic E-state index is -1.08. The Bertz CT molecular complexity index is 324. The van der Waals surface area contributed by atoms with E-state index in [1.54, 1.807) is 22.6 Å². The number of anilines is 1. The Labute approximate surface area is 86.3 Å². The van der Waals surface area contributed by atoms with E-state index in [1.165, 1.54) is 0 Å². The summed E-state index contributed by atoms with van der Waals surface area (Å²) in [6.07, 6.45) is 4.55. The Hall–Kier alpha value is -1.17. The fourth-order valence-electron chi connectivity index (χ4n) is 1.09. The molecule has 0 fully saturated rings. The number of hydrogen-bond acceptors (Lipinski definition) is 4. The van der Waals surface area contributed by atoms with Gasteiger partial charge in [0.05, 0.1) is 5.69 Å². The van der Waals surface area contributed by atoms with Gasteiger partial charge in [0.2, 0.25) is 0 Å². The predicted octanol–water partition coefficient (Wildman–Crippen LogP) is 0.917. The van der Waals surface area contributed by atoms with E-state index < -0.39 is 5.97 Å². The molecule has 0 amide bonds. The summed E-state index contributed by atoms with van der Waals surface area (Å²) in [6.45, 7) is 0.707. The zero-order valence-corrected chi connectivity index (χ0v) is 8.75. The lowest BCUT2D eigenvalue weighted by atomic mass is 10.4. The molecular formula is C8H13N3O2S. The lowest BCUT2D eigenvalue weighted by molar-refractivity contribution is 0.0690. The largest absolute Gasteiger partial charge is 0.476 e. The smallest absolute Gasteiger partial charge is 0.358 e. The van der Waals surface area contributed by atoms with E-state index in [0.29, 0.717) is 6.54 Å². The number of nitrogens with two attached hydrogens (primary N) is 1. The van der Waals surface area contributed by atoms with Gasteiger partial charge in [0, 0.05) is 12.7 Å². The van der Waals surface area contributed by atoms with Crippen molar-refractivity contribution in [3.05, 3.63) is 11.9 Å². The van der Waals surface area contributed by atoms with Crippen molar-refractivity contribution in [1.29, 1.82) is 0 Å². The highest BCUT2D eigenvalue weighted by Gasteiger charge is 2.12. The molecule has 1 rings (SSSR count). The number of carbonyl (C=O) groups is 1. The van der Waals surface area contributed by atoms with Gasteiger partial charge < -0.3 is 10.8 Å². The number of carboxylic acid groups (broad SMARTS) is 1. The van der Waals surface area contributed by atoms with Gasteiger partial charge in [-0.1, -0.05) is 0 Å². The summed E-state index contributed by atoms with van der Waals surface area (Å²) in [5.41, 5.74) is 5.64. The second kappa shape index (κ2) is 4.90. The molecule has 14 heavy (non-hydrogen) atoms. The van der Waals surface area contributed by atoms with Crippen LogP contribution in [0, 0.1) is 0 Å². The molecule has 1 aromatic heterocycles. The van der Waals surface area contributed by atoms with E-state index in [4.69, 9.17) is 10.8 Å². The van der Waals surface area contributed by atoms with Crippen LogP contribution in [0.25, 0.3) is 0 Å². The highest BCUT2D eigenvalue weighted by atomic mass is 32.2. The lowest BCUT2D eigenvalue weighted by Gasteiger charge is -1.98. The van der Waals surface area contributed by atoms with Crippen molar-refractivity contribution < 1.29 is 9.90 Å². The maximum Gasteiger partial charge on any atom is 0.358 e. The first-order chi connectivity index (χ1) is 6.65. The Morgan fingerprint density at radius 1 is 1.79 bits per heavy atom. The van der Waals surface area contributed by atoms with Gasteiger partial charge in [0.25, 0.3) is 0 Å². The Morgan fingerprint density at radius 3 is 3.00 bits per heavy atom. The standard InChI is InChI=1S/C8H13N3O2S/c1-14-4-2-3-11-5-6(9)7(10-11)8(12)13/h5H,2-4,9H2,1H3,(H,12,13). The van der Waals surface area contributed by atoms with E-state index in [2.05, 4.69) is 5.10 Å². The second-order valence-corrected chi connectivity index (χ2v) is 3.83. The van der Waals surface area contributed by atoms with Crippen LogP contribution < -0.4 is 5.73 Å². The van der Waals surface area contributed by atoms with Gasteiger partial charge in [-0.15, -0.1) is 0 Å². The molecule has 0 unspecified atom stereocenters. The number of nitrogens with zero attached hydrogens (tertiary/aromatic N) is 2. The average Bonchev–Trinajstić information content (AvgIpc) is 2.47. The molecule has 1 aromatic rings. The van der Waals surface area contributed by atoms with Gasteiger partial charge in [-0.3, -0.25) is 4.68 Å². The van der Waals surface area contributed by atoms with Crippen LogP contribution in [0.2, 0.25) is 0 Å². The van der Waals surface area contributed by atoms with Crippen molar-refractivity contribution in [2.24, 2.45) is 0 Å². The van der Waals surface area contributed by atoms with Gasteiger partial charge in [0.1, 0.15) is 0 Å². The number of aryl methyl sites for hydroxylation is 1. The number of aromatic nitrogens is 2. The third-order valence-electron chi connectivity index (χ3n) is 1.73. The van der Waals surface area contributed by atoms with E-state index in [1.807, 2.05) is 6.26 Å². The highest BCUT2D eigenvalue weighted by Crippen LogP contribution is 2.09. The number of thioether (sulfide) groups is 1. The maximum absolute atomic E-state index is 10.6. The fraction of sp³-hybridized carbons (Fsp3) is 0.500. The van der Waals surface area contributed by atoms with Crippen molar-refractivity contribution >= 4 is 23.4 Å². The summed E-state index contributed by atoms with van der Waals surface area (Å²) in [5, 5.41) is 12.6. The summed E-state index contributed by atoms with van der Waals surface area (Å²) < 4.78 is 1.58. The van der Waals surface area contributed by atoms with E-state index >= 15 is 0 Å². The minimum Gasteiger partial charge on any atom is -0.476 e. The molecular weight excluding hydrogens is 202 g/mol. The molecule has 0 aliphatic carbocycles. The number of aromatic carboxylic acids is 1. The predicted molar refractivity (Wildman–Crippen MR) is 56.6 cm³/mol. The minimum absolute atomic E-state index is 0.0610. The Morgan fingerprint density at radius 2 is 2.50 bits per heavy atom. The van der Waals surface area contributed by atoms with Crippen LogP contribution in [0.4, 0.5) is 5.69 Å². The van der Waals surface area contributed by atoms with Crippen LogP contribution in [-0.4, -0.2) is 32.9 Å². The van der Waals surface area contributed by atoms with E-state index in [0.717, 1.165) is 12.2 Å². The number of carboxylic acids is 1. The molecule has 0 bridgehead atoms. The first-order valence-corrected chi connectivity index (χ1v) is 5.59. The van der Waals surface area contributed by atoms with Crippen LogP contribution in [0.1, 0.15) is 16.9 Å². The van der Waals surface area contributed by atoms with Gasteiger partial charge in [-0.05, 0) is 18.4 Å². The molecule has 0 aromatic carbocycles. The van der Waals surface area contributed by atoms with Crippen LogP contribution in [0.3, 0.4) is 0 Å². The first-order valence-electron chi connectivity index (χ1n) is 4.20. The van der Waals surface area contributed by atoms with Gasteiger partial charge in [0.15, 0.2) is 5.69 Å². The molecule has 78 valence electrons. The molecule has 1 heterocycles. The Kier molecular flexibility index (Phi) is 3.82. The SMILES string of the molecule is CSCCCn1cc(N)c(C(=O)O)n1. The molecule has 6 heteroatoms. The zero-order chi connectivity index (χ0) is 10.6. The molecule has 0 saturated carbocycles.